The highest BCUT2D eigenvalue weighted by Crippen LogP contribution is 2.10. The molecule has 1 aromatic rings. The van der Waals surface area contributed by atoms with Crippen LogP contribution in [0.25, 0.3) is 0 Å². The van der Waals surface area contributed by atoms with Crippen LogP contribution in [0, 0.1) is 5.92 Å². The maximum Gasteiger partial charge on any atom is 0.251 e. The number of nitrogens with one attached hydrogen (secondary N) is 3. The normalized spacial score (nSPS) is 11.0. The first-order valence-corrected chi connectivity index (χ1v) is 9.38. The van der Waals surface area contributed by atoms with Gasteiger partial charge in [-0.05, 0) is 36.6 Å². The summed E-state index contributed by atoms with van der Waals surface area (Å²) in [4.78, 5) is 16.1. The first kappa shape index (κ1) is 25.1. The van der Waals surface area contributed by atoms with Gasteiger partial charge in [-0.3, -0.25) is 9.79 Å². The number of rotatable bonds is 10. The van der Waals surface area contributed by atoms with Gasteiger partial charge in [0.25, 0.3) is 5.91 Å². The van der Waals surface area contributed by atoms with Crippen molar-refractivity contribution in [2.45, 2.75) is 20.3 Å². The van der Waals surface area contributed by atoms with Crippen molar-refractivity contribution in [2.24, 2.45) is 10.9 Å². The third-order valence-corrected chi connectivity index (χ3v) is 3.77. The Morgan fingerprint density at radius 3 is 2.35 bits per heavy atom. The fourth-order valence-corrected chi connectivity index (χ4v) is 2.25. The number of guanidine groups is 1. The number of carbonyl (C=O) groups is 1. The van der Waals surface area contributed by atoms with Gasteiger partial charge in [0, 0.05) is 49.9 Å². The van der Waals surface area contributed by atoms with E-state index in [1.54, 1.807) is 19.2 Å². The Morgan fingerprint density at radius 2 is 1.73 bits per heavy atom. The molecule has 6 nitrogen and oxygen atoms in total. The zero-order chi connectivity index (χ0) is 18.5. The van der Waals surface area contributed by atoms with Crippen LogP contribution in [0.1, 0.15) is 30.6 Å². The number of nitrogens with zero attached hydrogens (tertiary/aromatic N) is 1. The van der Waals surface area contributed by atoms with Gasteiger partial charge in [-0.15, -0.1) is 24.0 Å². The number of benzene rings is 1. The third-order valence-electron chi connectivity index (χ3n) is 3.24. The van der Waals surface area contributed by atoms with Crippen LogP contribution in [0.5, 0.6) is 0 Å². The number of hydrogen-bond donors (Lipinski definition) is 3. The van der Waals surface area contributed by atoms with Crippen molar-refractivity contribution in [2.75, 3.05) is 39.9 Å². The molecule has 0 unspecified atom stereocenters. The minimum Gasteiger partial charge on any atom is -0.381 e. The summed E-state index contributed by atoms with van der Waals surface area (Å²) >= 11 is 3.35. The molecule has 0 radical (unpaired) electrons. The van der Waals surface area contributed by atoms with E-state index in [1.165, 1.54) is 0 Å². The lowest BCUT2D eigenvalue weighted by Gasteiger charge is -2.13. The van der Waals surface area contributed by atoms with Crippen molar-refractivity contribution in [3.05, 3.63) is 34.3 Å². The third kappa shape index (κ3) is 11.7. The highest BCUT2D eigenvalue weighted by Gasteiger charge is 2.04. The standard InChI is InChI=1S/C18H29BrN4O2.HI/c1-14(2)13-25-12-4-9-22-18(20-3)23-11-10-21-17(24)15-5-7-16(19)8-6-15;/h5-8,14H,4,9-13H2,1-3H3,(H,21,24)(H2,20,22,23);1H. The molecular formula is C18H30BrIN4O2. The molecular weight excluding hydrogens is 511 g/mol. The minimum atomic E-state index is -0.0838. The highest BCUT2D eigenvalue weighted by molar-refractivity contribution is 14.0. The average Bonchev–Trinajstić information content (AvgIpc) is 2.59. The summed E-state index contributed by atoms with van der Waals surface area (Å²) in [6.07, 6.45) is 0.924. The number of ether oxygens (including phenoxy) is 1. The number of amides is 1. The molecule has 0 spiro atoms. The van der Waals surface area contributed by atoms with Crippen molar-refractivity contribution in [1.82, 2.24) is 16.0 Å². The molecule has 0 aliphatic rings. The van der Waals surface area contributed by atoms with Crippen LogP contribution < -0.4 is 16.0 Å². The summed E-state index contributed by atoms with van der Waals surface area (Å²) in [6.45, 7) is 7.73. The van der Waals surface area contributed by atoms with Gasteiger partial charge in [-0.25, -0.2) is 0 Å². The lowest BCUT2D eigenvalue weighted by Crippen LogP contribution is -2.42. The van der Waals surface area contributed by atoms with Gasteiger partial charge in [0.1, 0.15) is 0 Å². The van der Waals surface area contributed by atoms with E-state index in [0.29, 0.717) is 24.6 Å². The molecule has 0 bridgehead atoms. The molecule has 0 saturated carbocycles. The number of halogens is 2. The summed E-state index contributed by atoms with van der Waals surface area (Å²) in [5.41, 5.74) is 0.645. The molecule has 0 aliphatic heterocycles. The molecule has 0 fully saturated rings. The fourth-order valence-electron chi connectivity index (χ4n) is 1.98. The van der Waals surface area contributed by atoms with E-state index in [-0.39, 0.29) is 29.9 Å². The molecule has 0 aromatic heterocycles. The van der Waals surface area contributed by atoms with E-state index in [9.17, 15) is 4.79 Å². The van der Waals surface area contributed by atoms with Gasteiger partial charge in [0.15, 0.2) is 5.96 Å². The lowest BCUT2D eigenvalue weighted by atomic mass is 10.2. The molecule has 0 atom stereocenters. The van der Waals surface area contributed by atoms with Crippen molar-refractivity contribution in [3.8, 4) is 0 Å². The largest absolute Gasteiger partial charge is 0.381 e. The molecule has 1 amide bonds. The summed E-state index contributed by atoms with van der Waals surface area (Å²) in [7, 11) is 1.73. The Hall–Kier alpha value is -0.870. The molecule has 0 heterocycles. The van der Waals surface area contributed by atoms with E-state index in [0.717, 1.165) is 36.6 Å². The second kappa shape index (κ2) is 15.2. The maximum atomic E-state index is 12.0. The Labute approximate surface area is 182 Å². The lowest BCUT2D eigenvalue weighted by molar-refractivity contribution is 0.0954. The number of hydrogen-bond acceptors (Lipinski definition) is 3. The van der Waals surface area contributed by atoms with Crippen LogP contribution in [-0.4, -0.2) is 51.8 Å². The van der Waals surface area contributed by atoms with Crippen molar-refractivity contribution >= 4 is 51.8 Å². The monoisotopic (exact) mass is 540 g/mol. The minimum absolute atomic E-state index is 0. The van der Waals surface area contributed by atoms with Gasteiger partial charge in [-0.2, -0.15) is 0 Å². The van der Waals surface area contributed by atoms with E-state index in [2.05, 4.69) is 50.7 Å². The van der Waals surface area contributed by atoms with Gasteiger partial charge in [0.2, 0.25) is 0 Å². The summed E-state index contributed by atoms with van der Waals surface area (Å²) in [5, 5.41) is 9.27. The first-order chi connectivity index (χ1) is 12.0. The van der Waals surface area contributed by atoms with Crippen LogP contribution in [0.2, 0.25) is 0 Å². The maximum absolute atomic E-state index is 12.0. The van der Waals surface area contributed by atoms with Gasteiger partial charge in [-0.1, -0.05) is 29.8 Å². The van der Waals surface area contributed by atoms with Crippen molar-refractivity contribution in [3.63, 3.8) is 0 Å². The molecule has 0 saturated heterocycles. The second-order valence-electron chi connectivity index (χ2n) is 6.01. The topological polar surface area (TPSA) is 74.8 Å². The zero-order valence-electron chi connectivity index (χ0n) is 15.7. The van der Waals surface area contributed by atoms with Crippen LogP contribution in [0.3, 0.4) is 0 Å². The van der Waals surface area contributed by atoms with Gasteiger partial charge in [0.05, 0.1) is 0 Å². The summed E-state index contributed by atoms with van der Waals surface area (Å²) in [6, 6.07) is 7.27. The van der Waals surface area contributed by atoms with Crippen LogP contribution in [-0.2, 0) is 4.74 Å². The Balaban J connectivity index is 0.00000625. The molecule has 0 aliphatic carbocycles. The summed E-state index contributed by atoms with van der Waals surface area (Å²) in [5.74, 6) is 1.20. The summed E-state index contributed by atoms with van der Waals surface area (Å²) < 4.78 is 6.49. The molecule has 26 heavy (non-hydrogen) atoms. The van der Waals surface area contributed by atoms with Crippen molar-refractivity contribution in [1.29, 1.82) is 0 Å². The second-order valence-corrected chi connectivity index (χ2v) is 6.93. The van der Waals surface area contributed by atoms with Crippen LogP contribution in [0.15, 0.2) is 33.7 Å². The fraction of sp³-hybridized carbons (Fsp3) is 0.556. The predicted molar refractivity (Wildman–Crippen MR) is 122 cm³/mol. The van der Waals surface area contributed by atoms with E-state index >= 15 is 0 Å². The molecule has 8 heteroatoms. The van der Waals surface area contributed by atoms with E-state index in [1.807, 2.05) is 12.1 Å². The Morgan fingerprint density at radius 1 is 1.12 bits per heavy atom. The first-order valence-electron chi connectivity index (χ1n) is 8.59. The quantitative estimate of drug-likeness (QED) is 0.184. The van der Waals surface area contributed by atoms with Gasteiger partial charge >= 0.3 is 0 Å². The zero-order valence-corrected chi connectivity index (χ0v) is 19.6. The molecule has 3 N–H and O–H groups in total. The van der Waals surface area contributed by atoms with Gasteiger partial charge < -0.3 is 20.7 Å². The Kier molecular flexibility index (Phi) is 14.7. The molecule has 148 valence electrons. The predicted octanol–water partition coefficient (Wildman–Crippen LogP) is 3.02. The molecule has 1 rings (SSSR count). The Bertz CT molecular complexity index is 538. The number of carbonyl (C=O) groups excluding carboxylic acids is 1. The van der Waals surface area contributed by atoms with Crippen LogP contribution in [0.4, 0.5) is 0 Å². The average molecular weight is 541 g/mol. The highest BCUT2D eigenvalue weighted by atomic mass is 127. The SMILES string of the molecule is CN=C(NCCCOCC(C)C)NCCNC(=O)c1ccc(Br)cc1.I. The van der Waals surface area contributed by atoms with Crippen molar-refractivity contribution < 1.29 is 9.53 Å². The molecule has 1 aromatic carbocycles. The van der Waals surface area contributed by atoms with E-state index < -0.39 is 0 Å². The smallest absolute Gasteiger partial charge is 0.251 e. The van der Waals surface area contributed by atoms with E-state index in [4.69, 9.17) is 4.74 Å². The number of aliphatic imine (C=N–C) groups is 1. The van der Waals surface area contributed by atoms with Crippen LogP contribution >= 0.6 is 39.9 Å².